The number of thioether (sulfide) groups is 3. The molecule has 0 atom stereocenters. The zero-order valence-electron chi connectivity index (χ0n) is 64.8. The third-order valence-electron chi connectivity index (χ3n) is 19.9. The number of halogens is 2. The highest BCUT2D eigenvalue weighted by Gasteiger charge is 2.40. The molecule has 0 aromatic heterocycles. The maximum absolute atomic E-state index is 13.1. The number of aliphatic imine (C=N–C) groups is 3. The normalized spacial score (nSPS) is 18.8. The number of ether oxygens (including phenoxy) is 3. The van der Waals surface area contributed by atoms with Crippen molar-refractivity contribution in [3.8, 4) is 29.6 Å². The first-order valence-electron chi connectivity index (χ1n) is 36.6. The Labute approximate surface area is 705 Å². The number of nitriles is 2. The van der Waals surface area contributed by atoms with Crippen molar-refractivity contribution in [3.63, 3.8) is 0 Å². The summed E-state index contributed by atoms with van der Waals surface area (Å²) in [6.45, 7) is 8.77. The second kappa shape index (κ2) is 47.8. The quantitative estimate of drug-likeness (QED) is 0.00877. The number of para-hydroxylation sites is 3. The summed E-state index contributed by atoms with van der Waals surface area (Å²) in [5, 5.41) is 35.3. The van der Waals surface area contributed by atoms with E-state index < -0.39 is 20.0 Å². The summed E-state index contributed by atoms with van der Waals surface area (Å²) in [6.07, 6.45) is 19.6. The third kappa shape index (κ3) is 28.4. The van der Waals surface area contributed by atoms with E-state index in [4.69, 9.17) is 70.4 Å². The monoisotopic (exact) mass is 1710 g/mol. The van der Waals surface area contributed by atoms with Crippen molar-refractivity contribution in [1.29, 1.82) is 10.5 Å². The van der Waals surface area contributed by atoms with Gasteiger partial charge in [-0.05, 0) is 197 Å². The fraction of sp³-hybridized carbons (Fsp3) is 0.329. The minimum absolute atomic E-state index is 0. The number of hydrogen-bond acceptors (Lipinski definition) is 19. The van der Waals surface area contributed by atoms with Crippen molar-refractivity contribution in [2.75, 3.05) is 59.7 Å². The van der Waals surface area contributed by atoms with Crippen LogP contribution in [0.25, 0.3) is 4.95 Å². The molecule has 0 saturated heterocycles. The molecule has 0 spiro atoms. The number of carbonyl (C=O) groups excluding carboxylic acids is 3. The molecule has 8 aromatic rings. The molecule has 31 heteroatoms. The van der Waals surface area contributed by atoms with E-state index in [0.717, 1.165) is 61.3 Å². The summed E-state index contributed by atoms with van der Waals surface area (Å²) in [5.74, 6) is 1.10. The van der Waals surface area contributed by atoms with Crippen LogP contribution in [-0.4, -0.2) is 128 Å². The predicted octanol–water partition coefficient (Wildman–Crippen LogP) is 15.2. The van der Waals surface area contributed by atoms with E-state index in [1.165, 1.54) is 102 Å². The summed E-state index contributed by atoms with van der Waals surface area (Å²) in [5.41, 5.74) is 13.1. The fourth-order valence-electron chi connectivity index (χ4n) is 13.7. The van der Waals surface area contributed by atoms with Gasteiger partial charge in [0.05, 0.1) is 59.9 Å². The molecule has 3 amide bonds. The van der Waals surface area contributed by atoms with E-state index in [0.29, 0.717) is 94.5 Å². The van der Waals surface area contributed by atoms with Crippen molar-refractivity contribution in [2.45, 2.75) is 129 Å². The van der Waals surface area contributed by atoms with Gasteiger partial charge in [-0.2, -0.15) is 27.0 Å². The number of nitrogens with one attached hydrogen (secondary N) is 6. The van der Waals surface area contributed by atoms with E-state index in [2.05, 4.69) is 94.9 Å². The number of carbonyl (C=O) groups is 3. The van der Waals surface area contributed by atoms with Gasteiger partial charge in [-0.3, -0.25) is 24.7 Å². The molecular formula is C85H100Cl2N14O10S5. The standard InChI is InChI=1S/C29H30ClN5O4S.C24H28N4O2S.C21H26N2O2.C6H6ClNO2S.C4H6N2S2.CH4/c1-31-34-28(35-40(37,38)24-14-12-22(30)13-15-24)33-23-16-18-29(19-17-23,21-8-4-3-5-9-21)20-32-27(36)25-10-6-7-11-26(25)39-2;1-30-21-11-7-6-10-20(21)22(29)26-16-24(18-8-4-3-5-9-18)14-12-19(13-15-24)28-23(31-2)27-17-25;1-25-19-10-6-5-9-18(19)20(24)23-15-21(13-11-17(22)12-14-21)16-7-3-2-4-8-16;7-5-1-3-6(4-2-5)11(8,9)10;1-7-4(8-2)6-3-5;/h3-15,23H,16-20H2,2H3,(H,32,36)(H2,33,34,35);3-11,19H,12-16H2,1-2H3,(H,26,29)(H,27,28);2-10,17H,11-15,22H2,1H3,(H,23,24);1-4H,(H2,8,9,10);1-2H3;1H4. The molecule has 0 bridgehead atoms. The predicted molar refractivity (Wildman–Crippen MR) is 470 cm³/mol. The number of guanidine groups is 1. The second-order valence-corrected chi connectivity index (χ2v) is 33.7. The number of methoxy groups -OCH3 is 3. The minimum Gasteiger partial charge on any atom is -0.496 e. The molecule has 3 fully saturated rings. The van der Waals surface area contributed by atoms with Crippen molar-refractivity contribution in [1.82, 2.24) is 31.4 Å². The summed E-state index contributed by atoms with van der Waals surface area (Å²) in [6, 6.07) is 64.2. The van der Waals surface area contributed by atoms with Crippen molar-refractivity contribution < 1.29 is 45.4 Å². The van der Waals surface area contributed by atoms with Gasteiger partial charge in [0.25, 0.3) is 33.7 Å². The molecule has 10 N–H and O–H groups in total. The van der Waals surface area contributed by atoms with E-state index in [-0.39, 0.29) is 75.3 Å². The lowest BCUT2D eigenvalue weighted by atomic mass is 9.68. The third-order valence-corrected chi connectivity index (χ3v) is 25.2. The van der Waals surface area contributed by atoms with Gasteiger partial charge in [-0.25, -0.2) is 31.7 Å². The van der Waals surface area contributed by atoms with Crippen molar-refractivity contribution in [3.05, 3.63) is 267 Å². The molecule has 614 valence electrons. The Hall–Kier alpha value is -10.1. The zero-order chi connectivity index (χ0) is 83.3. The molecule has 24 nitrogen and oxygen atoms in total. The fourth-order valence-corrected chi connectivity index (χ4v) is 16.7. The Morgan fingerprint density at radius 2 is 0.853 bits per heavy atom. The Kier molecular flexibility index (Phi) is 39.1. The molecule has 3 saturated carbocycles. The highest BCUT2D eigenvalue weighted by Crippen LogP contribution is 2.43. The Bertz CT molecular complexity index is 4910. The van der Waals surface area contributed by atoms with Gasteiger partial charge in [0.15, 0.2) is 11.4 Å². The number of nitrogens with two attached hydrogens (primary N) is 2. The number of sulfonamides is 2. The lowest BCUT2D eigenvalue weighted by Gasteiger charge is -2.40. The first kappa shape index (κ1) is 94.8. The van der Waals surface area contributed by atoms with Crippen LogP contribution in [0.4, 0.5) is 0 Å². The Balaban J connectivity index is 0.000000246. The summed E-state index contributed by atoms with van der Waals surface area (Å²) in [7, 11) is -2.86. The summed E-state index contributed by atoms with van der Waals surface area (Å²) < 4.78 is 66.2. The zero-order valence-corrected chi connectivity index (χ0v) is 70.4. The molecule has 3 aliphatic carbocycles. The Morgan fingerprint density at radius 1 is 0.517 bits per heavy atom. The second-order valence-electron chi connectivity index (χ2n) is 26.9. The minimum atomic E-state index is -3.97. The lowest BCUT2D eigenvalue weighted by molar-refractivity contribution is 0.0924. The van der Waals surface area contributed by atoms with E-state index in [9.17, 15) is 31.2 Å². The van der Waals surface area contributed by atoms with Gasteiger partial charge in [-0.15, -0.1) is 23.5 Å². The van der Waals surface area contributed by atoms with Gasteiger partial charge >= 0.3 is 0 Å². The smallest absolute Gasteiger partial charge is 0.276 e. The van der Waals surface area contributed by atoms with Crippen molar-refractivity contribution in [2.24, 2.45) is 25.8 Å². The maximum Gasteiger partial charge on any atom is 0.276 e. The van der Waals surface area contributed by atoms with Gasteiger partial charge in [0.1, 0.15) is 21.6 Å². The first-order valence-corrected chi connectivity index (χ1v) is 44.1. The maximum atomic E-state index is 13.1. The van der Waals surface area contributed by atoms with Crippen molar-refractivity contribution >= 4 is 112 Å². The lowest BCUT2D eigenvalue weighted by Crippen LogP contribution is -2.45. The van der Waals surface area contributed by atoms with Crippen LogP contribution >= 0.6 is 58.5 Å². The number of hydrogen-bond donors (Lipinski definition) is 8. The number of amides is 3. The SMILES string of the molecule is C.COc1ccccc1C(=O)NCC1(c2ccccc2)CCC(N)CC1.COc1ccccc1C(=O)NCC1(c2ccccc2)CCC(N=C(NC#N)SC)CC1.CSC(=NC#N)SC.NS(=O)(=O)c1ccc(Cl)cc1.[C-]#[N+]NC(=NC1CCC(CNC(=O)c2ccccc2OC)(c2ccccc2)CC1)NS(=O)(=O)c1ccc(Cl)cc1. The largest absolute Gasteiger partial charge is 0.496 e. The van der Waals surface area contributed by atoms with Crippen LogP contribution in [0.1, 0.15) is 132 Å². The molecule has 0 aliphatic heterocycles. The van der Waals surface area contributed by atoms with Gasteiger partial charge in [0.2, 0.25) is 16.2 Å². The topological polar surface area (TPSA) is 360 Å². The number of primary sulfonamides is 1. The summed E-state index contributed by atoms with van der Waals surface area (Å²) >= 11 is 15.8. The molecule has 0 unspecified atom stereocenters. The van der Waals surface area contributed by atoms with E-state index >= 15 is 0 Å². The molecular weight excluding hydrogens is 1610 g/mol. The average Bonchev–Trinajstić information content (AvgIpc) is 0.799. The number of nitrogens with zero attached hydrogens (tertiary/aromatic N) is 6. The molecule has 0 radical (unpaired) electrons. The molecule has 11 rings (SSSR count). The van der Waals surface area contributed by atoms with Gasteiger partial charge in [-0.1, -0.05) is 175 Å². The molecule has 116 heavy (non-hydrogen) atoms. The highest BCUT2D eigenvalue weighted by molar-refractivity contribution is 8.38. The van der Waals surface area contributed by atoms with Crippen LogP contribution in [-0.2, 0) is 36.3 Å². The molecule has 0 heterocycles. The Morgan fingerprint density at radius 3 is 1.16 bits per heavy atom. The average molecular weight is 1710 g/mol. The van der Waals surface area contributed by atoms with E-state index in [1.807, 2.05) is 104 Å². The van der Waals surface area contributed by atoms with Gasteiger partial charge < -0.3 is 35.9 Å². The number of benzene rings is 8. The van der Waals surface area contributed by atoms with Gasteiger partial charge in [0, 0.05) is 52.0 Å². The van der Waals surface area contributed by atoms with E-state index in [1.54, 1.807) is 56.8 Å². The number of rotatable bonds is 20. The van der Waals surface area contributed by atoms with Crippen LogP contribution < -0.4 is 56.5 Å². The van der Waals surface area contributed by atoms with Crippen LogP contribution in [0.5, 0.6) is 17.2 Å². The summed E-state index contributed by atoms with van der Waals surface area (Å²) in [4.78, 5) is 54.6. The van der Waals surface area contributed by atoms with Crippen LogP contribution in [0.3, 0.4) is 0 Å². The highest BCUT2D eigenvalue weighted by atomic mass is 35.5. The molecule has 8 aromatic carbocycles. The molecule has 3 aliphatic rings. The first-order chi connectivity index (χ1) is 55.4. The van der Waals surface area contributed by atoms with Crippen LogP contribution in [0, 0.1) is 29.5 Å². The number of amidine groups is 1. The van der Waals surface area contributed by atoms with Crippen LogP contribution in [0.2, 0.25) is 10.0 Å². The van der Waals surface area contributed by atoms with Crippen LogP contribution in [0.15, 0.2) is 237 Å².